The van der Waals surface area contributed by atoms with Gasteiger partial charge in [0.25, 0.3) is 10.1 Å². The van der Waals surface area contributed by atoms with Crippen molar-refractivity contribution in [1.29, 1.82) is 0 Å². The Balaban J connectivity index is 1.23. The summed E-state index contributed by atoms with van der Waals surface area (Å²) in [6.07, 6.45) is 4.27. The van der Waals surface area contributed by atoms with Crippen molar-refractivity contribution in [2.45, 2.75) is 17.7 Å². The summed E-state index contributed by atoms with van der Waals surface area (Å²) in [6.45, 7) is 0.155. The number of rotatable bonds is 22. The number of aliphatic hydroxyl groups excluding tert-OH is 4. The molecule has 0 bridgehead atoms. The Labute approximate surface area is 354 Å². The Kier molecular flexibility index (Phi) is 15.7. The highest BCUT2D eigenvalue weighted by Crippen LogP contribution is 2.27. The van der Waals surface area contributed by atoms with Gasteiger partial charge in [-0.15, -0.1) is 0 Å². The van der Waals surface area contributed by atoms with E-state index in [-0.39, 0.29) is 75.3 Å². The minimum Gasteiger partial charge on any atom is -0.395 e. The molecule has 2 aromatic heterocycles. The van der Waals surface area contributed by atoms with Gasteiger partial charge in [0, 0.05) is 50.4 Å². The van der Waals surface area contributed by atoms with Crippen LogP contribution in [0.2, 0.25) is 0 Å². The smallest absolute Gasteiger partial charge is 0.297 e. The topological polar surface area (TPSA) is 232 Å². The first-order valence-electron chi connectivity index (χ1n) is 19.5. The molecule has 0 radical (unpaired) electrons. The van der Waals surface area contributed by atoms with Crippen LogP contribution >= 0.6 is 0 Å². The van der Waals surface area contributed by atoms with Gasteiger partial charge in [-0.2, -0.15) is 38.3 Å². The van der Waals surface area contributed by atoms with E-state index in [1.165, 1.54) is 6.07 Å². The number of hydrogen-bond donors (Lipinski definition) is 6. The fourth-order valence-electron chi connectivity index (χ4n) is 6.21. The predicted molar refractivity (Wildman–Crippen MR) is 233 cm³/mol. The van der Waals surface area contributed by atoms with Crippen molar-refractivity contribution in [2.75, 3.05) is 80.1 Å². The van der Waals surface area contributed by atoms with Crippen molar-refractivity contribution in [1.82, 2.24) is 29.9 Å². The van der Waals surface area contributed by atoms with Crippen LogP contribution in [0.4, 0.5) is 35.2 Å². The number of anilines is 6. The van der Waals surface area contributed by atoms with Crippen molar-refractivity contribution in [2.24, 2.45) is 0 Å². The van der Waals surface area contributed by atoms with Gasteiger partial charge in [-0.25, -0.2) is 0 Å². The van der Waals surface area contributed by atoms with Gasteiger partial charge in [0.15, 0.2) is 0 Å². The average molecular weight is 849 g/mol. The highest BCUT2D eigenvalue weighted by molar-refractivity contribution is 7.86. The van der Waals surface area contributed by atoms with E-state index in [1.807, 2.05) is 84.9 Å². The number of nitrogens with zero attached hydrogens (tertiary/aromatic N) is 8. The summed E-state index contributed by atoms with van der Waals surface area (Å²) in [5.74, 6) is 1.93. The second-order valence-electron chi connectivity index (χ2n) is 13.5. The van der Waals surface area contributed by atoms with Crippen molar-refractivity contribution in [3.8, 4) is 0 Å². The molecule has 0 unspecified atom stereocenters. The van der Waals surface area contributed by atoms with E-state index in [0.717, 1.165) is 23.8 Å². The largest absolute Gasteiger partial charge is 0.395 e. The van der Waals surface area contributed by atoms with Crippen LogP contribution in [0.5, 0.6) is 0 Å². The van der Waals surface area contributed by atoms with Crippen molar-refractivity contribution in [3.63, 3.8) is 0 Å². The molecule has 61 heavy (non-hydrogen) atoms. The van der Waals surface area contributed by atoms with Crippen molar-refractivity contribution < 1.29 is 33.0 Å². The first-order valence-corrected chi connectivity index (χ1v) is 20.9. The average Bonchev–Trinajstić information content (AvgIpc) is 3.27. The molecule has 318 valence electrons. The molecule has 0 aliphatic rings. The molecule has 2 heterocycles. The molecular weight excluding hydrogens is 801 g/mol. The van der Waals surface area contributed by atoms with E-state index >= 15 is 0 Å². The Morgan fingerprint density at radius 3 is 1.49 bits per heavy atom. The van der Waals surface area contributed by atoms with E-state index < -0.39 is 10.1 Å². The van der Waals surface area contributed by atoms with Gasteiger partial charge in [0.2, 0.25) is 23.8 Å². The molecule has 0 aliphatic carbocycles. The summed E-state index contributed by atoms with van der Waals surface area (Å²) in [5.41, 5.74) is 4.15. The van der Waals surface area contributed by atoms with Crippen LogP contribution in [0.15, 0.2) is 108 Å². The van der Waals surface area contributed by atoms with Crippen molar-refractivity contribution >= 4 is 57.4 Å². The first-order chi connectivity index (χ1) is 29.7. The van der Waals surface area contributed by atoms with Crippen LogP contribution in [0.3, 0.4) is 0 Å². The Morgan fingerprint density at radius 2 is 1.03 bits per heavy atom. The minimum atomic E-state index is -4.18. The summed E-state index contributed by atoms with van der Waals surface area (Å²) in [6, 6.07) is 31.5. The zero-order valence-electron chi connectivity index (χ0n) is 33.5. The van der Waals surface area contributed by atoms with Crippen molar-refractivity contribution in [3.05, 3.63) is 137 Å². The second-order valence-corrected chi connectivity index (χ2v) is 15.2. The third kappa shape index (κ3) is 12.6. The van der Waals surface area contributed by atoms with Gasteiger partial charge >= 0.3 is 0 Å². The maximum atomic E-state index is 13.2. The number of nitrogens with one attached hydrogen (secondary N) is 2. The summed E-state index contributed by atoms with van der Waals surface area (Å²) in [4.78, 5) is 30.8. The third-order valence-corrected chi connectivity index (χ3v) is 10.5. The van der Waals surface area contributed by atoms with Crippen LogP contribution in [-0.4, -0.2) is 118 Å². The summed E-state index contributed by atoms with van der Waals surface area (Å²) in [7, 11) is -3.09. The SMILES string of the molecule is COS(=O)(=O)c1cc(Nc2nc(Cc3ccccc3)nc(N(CCO)CCO)n2)ccc1/C=C/c1ccc(Nc2nc(Cc3ccccc3)nc(N(CCO)CCO)n2)cc1. The quantitative estimate of drug-likeness (QED) is 0.0421. The maximum Gasteiger partial charge on any atom is 0.297 e. The fourth-order valence-corrected chi connectivity index (χ4v) is 7.08. The fraction of sp³-hybridized carbons (Fsp3) is 0.256. The van der Waals surface area contributed by atoms with Crippen LogP contribution in [0.25, 0.3) is 12.2 Å². The predicted octanol–water partition coefficient (Wildman–Crippen LogP) is 3.81. The number of benzene rings is 4. The molecule has 0 aliphatic heterocycles. The van der Waals surface area contributed by atoms with Crippen LogP contribution in [0, 0.1) is 0 Å². The molecule has 0 atom stereocenters. The molecule has 6 rings (SSSR count). The molecule has 6 aromatic rings. The monoisotopic (exact) mass is 848 g/mol. The molecule has 17 nitrogen and oxygen atoms in total. The molecule has 18 heteroatoms. The third-order valence-electron chi connectivity index (χ3n) is 9.18. The number of hydrogen-bond acceptors (Lipinski definition) is 17. The van der Waals surface area contributed by atoms with E-state index in [4.69, 9.17) is 4.18 Å². The van der Waals surface area contributed by atoms with E-state index in [9.17, 15) is 28.8 Å². The molecular formula is C43H48N10O7S. The van der Waals surface area contributed by atoms with Gasteiger partial charge < -0.3 is 40.9 Å². The molecule has 0 amide bonds. The Hall–Kier alpha value is -6.41. The van der Waals surface area contributed by atoms with E-state index in [0.29, 0.717) is 47.4 Å². The highest BCUT2D eigenvalue weighted by atomic mass is 32.2. The highest BCUT2D eigenvalue weighted by Gasteiger charge is 2.20. The summed E-state index contributed by atoms with van der Waals surface area (Å²) in [5, 5.41) is 44.9. The molecule has 0 spiro atoms. The standard InChI is InChI=1S/C43H48N10O7S/c1-60-61(58,59)37-30-36(45-41-47-39(29-33-10-6-3-7-11-33)49-43(51-41)53(22-26-56)23-27-57)19-16-34(37)15-12-31-13-17-35(18-14-31)44-40-46-38(28-32-8-4-2-5-9-32)48-42(50-40)52(20-24-54)21-25-55/h2-19,30,54-57H,20-29H2,1H3,(H,44,46,48,50)(H,45,47,49,51)/b15-12+. The molecule has 6 N–H and O–H groups in total. The molecule has 0 saturated carbocycles. The lowest BCUT2D eigenvalue weighted by Crippen LogP contribution is -2.32. The number of aliphatic hydroxyl groups is 4. The van der Waals surface area contributed by atoms with Gasteiger partial charge in [-0.3, -0.25) is 4.18 Å². The number of aromatic nitrogens is 6. The van der Waals surface area contributed by atoms with Gasteiger partial charge in [-0.1, -0.05) is 91.0 Å². The van der Waals surface area contributed by atoms with Crippen LogP contribution < -0.4 is 20.4 Å². The maximum absolute atomic E-state index is 13.2. The summed E-state index contributed by atoms with van der Waals surface area (Å²) >= 11 is 0. The lowest BCUT2D eigenvalue weighted by atomic mass is 10.1. The van der Waals surface area contributed by atoms with E-state index in [2.05, 4.69) is 40.5 Å². The lowest BCUT2D eigenvalue weighted by Gasteiger charge is -2.21. The second kappa shape index (κ2) is 21.7. The Bertz CT molecular complexity index is 2450. The van der Waals surface area contributed by atoms with Crippen LogP contribution in [0.1, 0.15) is 33.9 Å². The zero-order chi connectivity index (χ0) is 43.0. The van der Waals surface area contributed by atoms with Crippen LogP contribution in [-0.2, 0) is 27.1 Å². The van der Waals surface area contributed by atoms with Gasteiger partial charge in [-0.05, 0) is 46.5 Å². The van der Waals surface area contributed by atoms with E-state index in [1.54, 1.807) is 34.1 Å². The first kappa shape index (κ1) is 44.2. The molecule has 0 saturated heterocycles. The Morgan fingerprint density at radius 1 is 0.574 bits per heavy atom. The normalized spacial score (nSPS) is 11.5. The lowest BCUT2D eigenvalue weighted by molar-refractivity contribution is 0.279. The molecule has 0 fully saturated rings. The minimum absolute atomic E-state index is 0.0936. The summed E-state index contributed by atoms with van der Waals surface area (Å²) < 4.78 is 31.4. The van der Waals surface area contributed by atoms with Gasteiger partial charge in [0.05, 0.1) is 33.5 Å². The molecule has 4 aromatic carbocycles. The van der Waals surface area contributed by atoms with Gasteiger partial charge in [0.1, 0.15) is 16.5 Å². The zero-order valence-corrected chi connectivity index (χ0v) is 34.4.